The molecular weight excluding hydrogens is 241 g/mol. The van der Waals surface area contributed by atoms with Gasteiger partial charge in [-0.15, -0.1) is 0 Å². The van der Waals surface area contributed by atoms with Gasteiger partial charge in [-0.05, 0) is 37.4 Å². The van der Waals surface area contributed by atoms with Gasteiger partial charge in [0.2, 0.25) is 0 Å². The lowest BCUT2D eigenvalue weighted by atomic mass is 9.94. The summed E-state index contributed by atoms with van der Waals surface area (Å²) in [6.07, 6.45) is 7.25. The lowest BCUT2D eigenvalue weighted by molar-refractivity contribution is 0.375. The van der Waals surface area contributed by atoms with Crippen molar-refractivity contribution in [3.05, 3.63) is 29.6 Å². The second-order valence-corrected chi connectivity index (χ2v) is 5.51. The van der Waals surface area contributed by atoms with Crippen LogP contribution < -0.4 is 10.1 Å². The Kier molecular flexibility index (Phi) is 5.20. The first-order valence-corrected chi connectivity index (χ1v) is 7.23. The highest BCUT2D eigenvalue weighted by Gasteiger charge is 2.20. The van der Waals surface area contributed by atoms with E-state index < -0.39 is 0 Å². The third kappa shape index (κ3) is 3.69. The molecule has 0 aliphatic heterocycles. The number of likely N-dealkylation sites (N-methyl/N-ethyl adjacent to an activating group) is 1. The number of halogens is 1. The molecule has 2 nitrogen and oxygen atoms in total. The third-order valence-electron chi connectivity index (χ3n) is 4.23. The van der Waals surface area contributed by atoms with E-state index in [1.165, 1.54) is 32.8 Å². The molecule has 0 aromatic heterocycles. The van der Waals surface area contributed by atoms with Crippen LogP contribution in [0.15, 0.2) is 18.2 Å². The Morgan fingerprint density at radius 3 is 2.74 bits per heavy atom. The Labute approximate surface area is 115 Å². The number of hydrogen-bond acceptors (Lipinski definition) is 2. The Morgan fingerprint density at radius 1 is 1.37 bits per heavy atom. The van der Waals surface area contributed by atoms with E-state index in [0.717, 1.165) is 24.3 Å². The minimum atomic E-state index is -0.211. The van der Waals surface area contributed by atoms with E-state index in [2.05, 4.69) is 5.32 Å². The summed E-state index contributed by atoms with van der Waals surface area (Å²) in [5.74, 6) is 0.941. The molecule has 1 saturated carbocycles. The maximum Gasteiger partial charge on any atom is 0.168 e. The molecule has 1 atom stereocenters. The second kappa shape index (κ2) is 6.90. The van der Waals surface area contributed by atoms with Crippen LogP contribution in [0, 0.1) is 11.7 Å². The maximum absolute atomic E-state index is 14.1. The highest BCUT2D eigenvalue weighted by molar-refractivity contribution is 5.31. The predicted octanol–water partition coefficient (Wildman–Crippen LogP) is 3.55. The van der Waals surface area contributed by atoms with Gasteiger partial charge in [0.15, 0.2) is 11.6 Å². The molecule has 0 saturated heterocycles. The smallest absolute Gasteiger partial charge is 0.168 e. The first kappa shape index (κ1) is 14.3. The van der Waals surface area contributed by atoms with Crippen LogP contribution in [0.5, 0.6) is 5.75 Å². The topological polar surface area (TPSA) is 21.3 Å². The minimum Gasteiger partial charge on any atom is -0.494 e. The zero-order valence-electron chi connectivity index (χ0n) is 11.9. The average Bonchev–Trinajstić information content (AvgIpc) is 2.93. The van der Waals surface area contributed by atoms with Crippen LogP contribution in [0.3, 0.4) is 0 Å². The molecule has 2 rings (SSSR count). The highest BCUT2D eigenvalue weighted by Crippen LogP contribution is 2.30. The van der Waals surface area contributed by atoms with Gasteiger partial charge in [0.05, 0.1) is 7.11 Å². The zero-order valence-corrected chi connectivity index (χ0v) is 11.9. The van der Waals surface area contributed by atoms with E-state index in [4.69, 9.17) is 4.74 Å². The third-order valence-corrected chi connectivity index (χ3v) is 4.23. The van der Waals surface area contributed by atoms with E-state index in [0.29, 0.717) is 11.8 Å². The largest absolute Gasteiger partial charge is 0.494 e. The van der Waals surface area contributed by atoms with Crippen molar-refractivity contribution < 1.29 is 9.13 Å². The lowest BCUT2D eigenvalue weighted by Crippen LogP contribution is -2.30. The zero-order chi connectivity index (χ0) is 13.7. The molecular formula is C16H24FNO. The van der Waals surface area contributed by atoms with Crippen LogP contribution in [-0.4, -0.2) is 20.2 Å². The van der Waals surface area contributed by atoms with E-state index in [9.17, 15) is 4.39 Å². The fourth-order valence-corrected chi connectivity index (χ4v) is 3.09. The molecule has 1 aromatic rings. The van der Waals surface area contributed by atoms with Crippen molar-refractivity contribution in [3.8, 4) is 5.75 Å². The van der Waals surface area contributed by atoms with Crippen LogP contribution in [0.2, 0.25) is 0 Å². The molecule has 1 fully saturated rings. The molecule has 0 heterocycles. The minimum absolute atomic E-state index is 0.211. The molecule has 0 radical (unpaired) electrons. The summed E-state index contributed by atoms with van der Waals surface area (Å²) in [6.45, 7) is 0. The van der Waals surface area contributed by atoms with Gasteiger partial charge < -0.3 is 10.1 Å². The molecule has 0 bridgehead atoms. The molecule has 1 N–H and O–H groups in total. The standard InChI is InChI=1S/C16H24FNO/c1-18-14(10-12-6-3-4-7-12)11-13-8-5-9-15(19-2)16(13)17/h5,8-9,12,14,18H,3-4,6-7,10-11H2,1-2H3. The van der Waals surface area contributed by atoms with Crippen molar-refractivity contribution in [2.24, 2.45) is 5.92 Å². The summed E-state index contributed by atoms with van der Waals surface area (Å²) in [6, 6.07) is 5.74. The van der Waals surface area contributed by atoms with Crippen LogP contribution in [-0.2, 0) is 6.42 Å². The van der Waals surface area contributed by atoms with E-state index in [-0.39, 0.29) is 5.82 Å². The van der Waals surface area contributed by atoms with Gasteiger partial charge in [0, 0.05) is 6.04 Å². The molecule has 1 unspecified atom stereocenters. The monoisotopic (exact) mass is 265 g/mol. The van der Waals surface area contributed by atoms with Gasteiger partial charge in [0.1, 0.15) is 0 Å². The molecule has 1 aliphatic carbocycles. The second-order valence-electron chi connectivity index (χ2n) is 5.51. The van der Waals surface area contributed by atoms with Crippen molar-refractivity contribution in [1.82, 2.24) is 5.32 Å². The number of benzene rings is 1. The first-order valence-electron chi connectivity index (χ1n) is 7.23. The molecule has 1 aromatic carbocycles. The molecule has 106 valence electrons. The average molecular weight is 265 g/mol. The Bertz CT molecular complexity index is 402. The Hall–Kier alpha value is -1.09. The number of ether oxygens (including phenoxy) is 1. The van der Waals surface area contributed by atoms with Crippen molar-refractivity contribution >= 4 is 0 Å². The van der Waals surface area contributed by atoms with Gasteiger partial charge in [-0.3, -0.25) is 0 Å². The van der Waals surface area contributed by atoms with Gasteiger partial charge in [-0.1, -0.05) is 37.8 Å². The number of rotatable bonds is 6. The predicted molar refractivity (Wildman–Crippen MR) is 76.1 cm³/mol. The van der Waals surface area contributed by atoms with Gasteiger partial charge in [-0.25, -0.2) is 4.39 Å². The van der Waals surface area contributed by atoms with Gasteiger partial charge in [-0.2, -0.15) is 0 Å². The van der Waals surface area contributed by atoms with E-state index in [1.807, 2.05) is 19.2 Å². The SMILES string of the molecule is CNC(Cc1cccc(OC)c1F)CC1CCCC1. The summed E-state index contributed by atoms with van der Waals surface area (Å²) < 4.78 is 19.2. The fraction of sp³-hybridized carbons (Fsp3) is 0.625. The lowest BCUT2D eigenvalue weighted by Gasteiger charge is -2.20. The van der Waals surface area contributed by atoms with Gasteiger partial charge in [0.25, 0.3) is 0 Å². The van der Waals surface area contributed by atoms with Gasteiger partial charge >= 0.3 is 0 Å². The summed E-state index contributed by atoms with van der Waals surface area (Å²) in [7, 11) is 3.48. The normalized spacial score (nSPS) is 17.6. The molecule has 3 heteroatoms. The van der Waals surface area contributed by atoms with Crippen molar-refractivity contribution in [2.45, 2.75) is 44.6 Å². The van der Waals surface area contributed by atoms with Crippen molar-refractivity contribution in [3.63, 3.8) is 0 Å². The van der Waals surface area contributed by atoms with E-state index >= 15 is 0 Å². The quantitative estimate of drug-likeness (QED) is 0.849. The van der Waals surface area contributed by atoms with Crippen LogP contribution >= 0.6 is 0 Å². The highest BCUT2D eigenvalue weighted by atomic mass is 19.1. The maximum atomic E-state index is 14.1. The Balaban J connectivity index is 2.01. The van der Waals surface area contributed by atoms with Crippen molar-refractivity contribution in [2.75, 3.05) is 14.2 Å². The molecule has 1 aliphatic rings. The summed E-state index contributed by atoms with van der Waals surface area (Å²) in [4.78, 5) is 0. The summed E-state index contributed by atoms with van der Waals surface area (Å²) in [5.41, 5.74) is 0.747. The number of hydrogen-bond donors (Lipinski definition) is 1. The van der Waals surface area contributed by atoms with Crippen molar-refractivity contribution in [1.29, 1.82) is 0 Å². The molecule has 19 heavy (non-hydrogen) atoms. The van der Waals surface area contributed by atoms with Crippen LogP contribution in [0.4, 0.5) is 4.39 Å². The number of nitrogens with one attached hydrogen (secondary N) is 1. The summed E-state index contributed by atoms with van der Waals surface area (Å²) in [5, 5.41) is 3.33. The molecule has 0 spiro atoms. The number of methoxy groups -OCH3 is 1. The summed E-state index contributed by atoms with van der Waals surface area (Å²) >= 11 is 0. The molecule has 0 amide bonds. The van der Waals surface area contributed by atoms with Crippen LogP contribution in [0.25, 0.3) is 0 Å². The van der Waals surface area contributed by atoms with E-state index in [1.54, 1.807) is 6.07 Å². The van der Waals surface area contributed by atoms with Crippen LogP contribution in [0.1, 0.15) is 37.7 Å². The first-order chi connectivity index (χ1) is 9.24. The fourth-order valence-electron chi connectivity index (χ4n) is 3.09. The Morgan fingerprint density at radius 2 is 2.11 bits per heavy atom.